The standard InChI is InChI=1S/C15H11BrN2OS/c1-8-2-7-11-12(17)14(20-15(11)18-8)13(19)9-3-5-10(16)6-4-9/h2-7H,17H2,1H3. The number of nitrogens with zero attached hydrogens (tertiary/aromatic N) is 1. The summed E-state index contributed by atoms with van der Waals surface area (Å²) in [4.78, 5) is 18.3. The van der Waals surface area contributed by atoms with Crippen LogP contribution in [-0.2, 0) is 0 Å². The Hall–Kier alpha value is -1.72. The second-order valence-electron chi connectivity index (χ2n) is 4.49. The van der Waals surface area contributed by atoms with Crippen LogP contribution in [0.3, 0.4) is 0 Å². The minimum Gasteiger partial charge on any atom is -0.397 e. The predicted octanol–water partition coefficient (Wildman–Crippen LogP) is 4.18. The number of nitrogens with two attached hydrogens (primary N) is 1. The van der Waals surface area contributed by atoms with Crippen molar-refractivity contribution in [1.82, 2.24) is 4.98 Å². The molecule has 3 aromatic rings. The molecule has 0 fully saturated rings. The van der Waals surface area contributed by atoms with E-state index in [9.17, 15) is 4.79 Å². The number of anilines is 1. The lowest BCUT2D eigenvalue weighted by molar-refractivity contribution is 0.104. The van der Waals surface area contributed by atoms with Crippen LogP contribution < -0.4 is 5.73 Å². The van der Waals surface area contributed by atoms with Crippen molar-refractivity contribution >= 4 is 49.0 Å². The maximum Gasteiger partial charge on any atom is 0.205 e. The van der Waals surface area contributed by atoms with Crippen molar-refractivity contribution in [2.45, 2.75) is 6.92 Å². The predicted molar refractivity (Wildman–Crippen MR) is 86.3 cm³/mol. The average Bonchev–Trinajstić information content (AvgIpc) is 2.75. The summed E-state index contributed by atoms with van der Waals surface area (Å²) in [7, 11) is 0. The number of hydrogen-bond acceptors (Lipinski definition) is 4. The summed E-state index contributed by atoms with van der Waals surface area (Å²) in [5.74, 6) is -0.0596. The Kier molecular flexibility index (Phi) is 3.31. The number of carbonyl (C=O) groups is 1. The largest absolute Gasteiger partial charge is 0.397 e. The van der Waals surface area contributed by atoms with Crippen molar-refractivity contribution in [1.29, 1.82) is 0 Å². The normalized spacial score (nSPS) is 10.9. The molecule has 0 bridgehead atoms. The maximum atomic E-state index is 12.5. The molecule has 0 amide bonds. The van der Waals surface area contributed by atoms with Gasteiger partial charge in [-0.25, -0.2) is 4.98 Å². The third-order valence-electron chi connectivity index (χ3n) is 3.05. The Morgan fingerprint density at radius 2 is 1.90 bits per heavy atom. The minimum atomic E-state index is -0.0596. The smallest absolute Gasteiger partial charge is 0.205 e. The van der Waals surface area contributed by atoms with Crippen LogP contribution in [0.25, 0.3) is 10.2 Å². The molecule has 100 valence electrons. The third kappa shape index (κ3) is 2.23. The first-order valence-electron chi connectivity index (χ1n) is 6.02. The minimum absolute atomic E-state index is 0.0596. The van der Waals surface area contributed by atoms with Crippen molar-refractivity contribution in [2.24, 2.45) is 0 Å². The van der Waals surface area contributed by atoms with Gasteiger partial charge >= 0.3 is 0 Å². The van der Waals surface area contributed by atoms with E-state index in [4.69, 9.17) is 5.73 Å². The fraction of sp³-hybridized carbons (Fsp3) is 0.0667. The van der Waals surface area contributed by atoms with Gasteiger partial charge in [-0.2, -0.15) is 0 Å². The van der Waals surface area contributed by atoms with Gasteiger partial charge in [-0.1, -0.05) is 15.9 Å². The van der Waals surface area contributed by atoms with Crippen LogP contribution in [0, 0.1) is 6.92 Å². The van der Waals surface area contributed by atoms with Gasteiger partial charge in [0.15, 0.2) is 0 Å². The molecular formula is C15H11BrN2OS. The Labute approximate surface area is 128 Å². The van der Waals surface area contributed by atoms with Crippen molar-refractivity contribution < 1.29 is 4.79 Å². The SMILES string of the molecule is Cc1ccc2c(N)c(C(=O)c3ccc(Br)cc3)sc2n1. The monoisotopic (exact) mass is 346 g/mol. The molecule has 0 aliphatic heterocycles. The molecule has 0 unspecified atom stereocenters. The molecule has 5 heteroatoms. The summed E-state index contributed by atoms with van der Waals surface area (Å²) in [6.45, 7) is 1.92. The molecule has 0 spiro atoms. The molecule has 0 radical (unpaired) electrons. The van der Waals surface area contributed by atoms with Gasteiger partial charge in [-0.3, -0.25) is 4.79 Å². The summed E-state index contributed by atoms with van der Waals surface area (Å²) >= 11 is 4.71. The van der Waals surface area contributed by atoms with Crippen LogP contribution >= 0.6 is 27.3 Å². The van der Waals surface area contributed by atoms with E-state index in [1.165, 1.54) is 11.3 Å². The number of benzene rings is 1. The van der Waals surface area contributed by atoms with E-state index < -0.39 is 0 Å². The van der Waals surface area contributed by atoms with E-state index >= 15 is 0 Å². The zero-order valence-corrected chi connectivity index (χ0v) is 13.1. The number of pyridine rings is 1. The lowest BCUT2D eigenvalue weighted by Crippen LogP contribution is -2.01. The van der Waals surface area contributed by atoms with Gasteiger partial charge in [0.1, 0.15) is 9.71 Å². The van der Waals surface area contributed by atoms with Crippen LogP contribution in [0.2, 0.25) is 0 Å². The van der Waals surface area contributed by atoms with Crippen LogP contribution in [0.15, 0.2) is 40.9 Å². The number of aryl methyl sites for hydroxylation is 1. The first-order chi connectivity index (χ1) is 9.56. The van der Waals surface area contributed by atoms with Gasteiger partial charge in [0, 0.05) is 21.1 Å². The molecule has 0 aliphatic rings. The summed E-state index contributed by atoms with van der Waals surface area (Å²) in [5.41, 5.74) is 8.16. The second kappa shape index (κ2) is 5.00. The Morgan fingerprint density at radius 1 is 1.20 bits per heavy atom. The highest BCUT2D eigenvalue weighted by Gasteiger charge is 2.18. The van der Waals surface area contributed by atoms with Crippen LogP contribution in [0.1, 0.15) is 20.9 Å². The average molecular weight is 347 g/mol. The summed E-state index contributed by atoms with van der Waals surface area (Å²) in [6.07, 6.45) is 0. The van der Waals surface area contributed by atoms with Crippen molar-refractivity contribution in [3.05, 3.63) is 57.0 Å². The number of rotatable bonds is 2. The molecule has 0 saturated heterocycles. The highest BCUT2D eigenvalue weighted by Crippen LogP contribution is 2.34. The lowest BCUT2D eigenvalue weighted by Gasteiger charge is -2.00. The van der Waals surface area contributed by atoms with E-state index in [0.717, 1.165) is 20.4 Å². The van der Waals surface area contributed by atoms with Gasteiger partial charge in [-0.05, 0) is 43.3 Å². The zero-order valence-electron chi connectivity index (χ0n) is 10.7. The van der Waals surface area contributed by atoms with E-state index in [-0.39, 0.29) is 5.78 Å². The summed E-state index contributed by atoms with van der Waals surface area (Å²) in [6, 6.07) is 11.1. The molecule has 2 N–H and O–H groups in total. The Balaban J connectivity index is 2.12. The Bertz CT molecular complexity index is 809. The number of hydrogen-bond donors (Lipinski definition) is 1. The number of ketones is 1. The number of thiophene rings is 1. The van der Waals surface area contributed by atoms with Crippen molar-refractivity contribution in [3.63, 3.8) is 0 Å². The fourth-order valence-corrected chi connectivity index (χ4v) is 3.36. The van der Waals surface area contributed by atoms with Crippen molar-refractivity contribution in [3.8, 4) is 0 Å². The van der Waals surface area contributed by atoms with Crippen LogP contribution in [-0.4, -0.2) is 10.8 Å². The van der Waals surface area contributed by atoms with E-state index in [1.54, 1.807) is 12.1 Å². The molecule has 1 aromatic carbocycles. The van der Waals surface area contributed by atoms with Gasteiger partial charge < -0.3 is 5.73 Å². The lowest BCUT2D eigenvalue weighted by atomic mass is 10.1. The first kappa shape index (κ1) is 13.3. The van der Waals surface area contributed by atoms with Gasteiger partial charge in [0.05, 0.1) is 5.69 Å². The van der Waals surface area contributed by atoms with Gasteiger partial charge in [-0.15, -0.1) is 11.3 Å². The highest BCUT2D eigenvalue weighted by molar-refractivity contribution is 9.10. The number of halogens is 1. The molecule has 0 atom stereocenters. The molecule has 2 heterocycles. The number of carbonyl (C=O) groups excluding carboxylic acids is 1. The van der Waals surface area contributed by atoms with E-state index in [2.05, 4.69) is 20.9 Å². The quantitative estimate of drug-likeness (QED) is 0.708. The molecule has 0 aliphatic carbocycles. The topological polar surface area (TPSA) is 56.0 Å². The molecular weight excluding hydrogens is 336 g/mol. The summed E-state index contributed by atoms with van der Waals surface area (Å²) in [5, 5.41) is 0.848. The molecule has 3 rings (SSSR count). The van der Waals surface area contributed by atoms with Crippen LogP contribution in [0.4, 0.5) is 5.69 Å². The number of fused-ring (bicyclic) bond motifs is 1. The Morgan fingerprint density at radius 3 is 2.60 bits per heavy atom. The fourth-order valence-electron chi connectivity index (χ4n) is 1.99. The molecule has 0 saturated carbocycles. The number of nitrogen functional groups attached to an aromatic ring is 1. The van der Waals surface area contributed by atoms with Gasteiger partial charge in [0.25, 0.3) is 0 Å². The molecule has 3 nitrogen and oxygen atoms in total. The molecule has 20 heavy (non-hydrogen) atoms. The van der Waals surface area contributed by atoms with E-state index in [1.807, 2.05) is 31.2 Å². The first-order valence-corrected chi connectivity index (χ1v) is 7.63. The van der Waals surface area contributed by atoms with Crippen LogP contribution in [0.5, 0.6) is 0 Å². The van der Waals surface area contributed by atoms with Crippen molar-refractivity contribution in [2.75, 3.05) is 5.73 Å². The zero-order chi connectivity index (χ0) is 14.3. The number of aromatic nitrogens is 1. The van der Waals surface area contributed by atoms with Gasteiger partial charge in [0.2, 0.25) is 5.78 Å². The summed E-state index contributed by atoms with van der Waals surface area (Å²) < 4.78 is 0.940. The van der Waals surface area contributed by atoms with E-state index in [0.29, 0.717) is 16.1 Å². The maximum absolute atomic E-state index is 12.5. The highest BCUT2D eigenvalue weighted by atomic mass is 79.9. The third-order valence-corrected chi connectivity index (χ3v) is 4.69. The molecule has 2 aromatic heterocycles. The second-order valence-corrected chi connectivity index (χ2v) is 6.40.